The fraction of sp³-hybridized carbons (Fsp3) is 0.667. The highest BCUT2D eigenvalue weighted by Crippen LogP contribution is 2.27. The average Bonchev–Trinajstić information content (AvgIpc) is 3.18. The van der Waals surface area contributed by atoms with Crippen LogP contribution in [0.5, 0.6) is 0 Å². The predicted molar refractivity (Wildman–Crippen MR) is 83.6 cm³/mol. The van der Waals surface area contributed by atoms with Crippen molar-refractivity contribution in [3.05, 3.63) is 35.4 Å². The van der Waals surface area contributed by atoms with Crippen LogP contribution in [0.25, 0.3) is 0 Å². The number of benzene rings is 1. The smallest absolute Gasteiger partial charge is 0.00684 e. The first-order valence-electron chi connectivity index (χ1n) is 7.95. The summed E-state index contributed by atoms with van der Waals surface area (Å²) in [4.78, 5) is 0. The normalized spacial score (nSPS) is 16.8. The van der Waals surface area contributed by atoms with Gasteiger partial charge in [-0.3, -0.25) is 0 Å². The lowest BCUT2D eigenvalue weighted by Gasteiger charge is -2.20. The van der Waals surface area contributed by atoms with Gasteiger partial charge >= 0.3 is 0 Å². The van der Waals surface area contributed by atoms with E-state index in [0.29, 0.717) is 5.92 Å². The third-order valence-corrected chi connectivity index (χ3v) is 4.19. The van der Waals surface area contributed by atoms with Gasteiger partial charge in [0.1, 0.15) is 0 Å². The average molecular weight is 259 g/mol. The van der Waals surface area contributed by atoms with Gasteiger partial charge in [0.2, 0.25) is 0 Å². The van der Waals surface area contributed by atoms with E-state index in [9.17, 15) is 0 Å². The summed E-state index contributed by atoms with van der Waals surface area (Å²) in [6.45, 7) is 8.06. The highest BCUT2D eigenvalue weighted by molar-refractivity contribution is 5.29. The van der Waals surface area contributed by atoms with Crippen molar-refractivity contribution in [2.45, 2.75) is 64.8 Å². The largest absolute Gasteiger partial charge is 0.313 e. The Morgan fingerprint density at radius 1 is 1.16 bits per heavy atom. The van der Waals surface area contributed by atoms with Crippen molar-refractivity contribution in [3.63, 3.8) is 0 Å². The topological polar surface area (TPSA) is 12.0 Å². The lowest BCUT2D eigenvalue weighted by atomic mass is 9.89. The van der Waals surface area contributed by atoms with Crippen LogP contribution in [0.4, 0.5) is 0 Å². The maximum Gasteiger partial charge on any atom is 0.00684 e. The van der Waals surface area contributed by atoms with E-state index in [1.165, 1.54) is 37.7 Å². The van der Waals surface area contributed by atoms with Crippen LogP contribution in [0.2, 0.25) is 0 Å². The molecule has 1 N–H and O–H groups in total. The minimum Gasteiger partial charge on any atom is -0.313 e. The van der Waals surface area contributed by atoms with E-state index in [1.54, 1.807) is 5.56 Å². The van der Waals surface area contributed by atoms with Gasteiger partial charge in [-0.1, -0.05) is 51.0 Å². The van der Waals surface area contributed by atoms with Crippen LogP contribution in [-0.4, -0.2) is 12.6 Å². The summed E-state index contributed by atoms with van der Waals surface area (Å²) in [7, 11) is 0. The van der Waals surface area contributed by atoms with Gasteiger partial charge in [-0.15, -0.1) is 0 Å². The SMILES string of the molecule is Cc1ccccc1C(CCCC(C)C)CNC1CC1. The van der Waals surface area contributed by atoms with E-state index >= 15 is 0 Å². The van der Waals surface area contributed by atoms with Crippen LogP contribution in [0.15, 0.2) is 24.3 Å². The van der Waals surface area contributed by atoms with Gasteiger partial charge < -0.3 is 5.32 Å². The van der Waals surface area contributed by atoms with Crippen molar-refractivity contribution in [2.24, 2.45) is 5.92 Å². The molecule has 1 fully saturated rings. The minimum atomic E-state index is 0.695. The van der Waals surface area contributed by atoms with E-state index in [2.05, 4.69) is 50.4 Å². The molecule has 0 saturated heterocycles. The zero-order valence-electron chi connectivity index (χ0n) is 12.8. The van der Waals surface area contributed by atoms with E-state index in [1.807, 2.05) is 0 Å². The third-order valence-electron chi connectivity index (χ3n) is 4.19. The van der Waals surface area contributed by atoms with Crippen LogP contribution in [0.3, 0.4) is 0 Å². The molecule has 2 rings (SSSR count). The summed E-state index contributed by atoms with van der Waals surface area (Å²) in [5.41, 5.74) is 3.01. The van der Waals surface area contributed by atoms with Crippen molar-refractivity contribution in [3.8, 4) is 0 Å². The lowest BCUT2D eigenvalue weighted by Crippen LogP contribution is -2.24. The predicted octanol–water partition coefficient (Wildman–Crippen LogP) is 4.66. The molecule has 0 bridgehead atoms. The molecule has 0 aromatic heterocycles. The van der Waals surface area contributed by atoms with Gasteiger partial charge in [0.05, 0.1) is 0 Å². The maximum absolute atomic E-state index is 3.72. The van der Waals surface area contributed by atoms with E-state index < -0.39 is 0 Å². The van der Waals surface area contributed by atoms with Crippen LogP contribution >= 0.6 is 0 Å². The molecule has 1 heteroatoms. The maximum atomic E-state index is 3.72. The Bertz CT molecular complexity index is 379. The van der Waals surface area contributed by atoms with Gasteiger partial charge in [0.25, 0.3) is 0 Å². The first kappa shape index (κ1) is 14.6. The summed E-state index contributed by atoms with van der Waals surface area (Å²) in [5, 5.41) is 3.72. The summed E-state index contributed by atoms with van der Waals surface area (Å²) in [6, 6.07) is 9.73. The highest BCUT2D eigenvalue weighted by Gasteiger charge is 2.22. The number of nitrogens with one attached hydrogen (secondary N) is 1. The highest BCUT2D eigenvalue weighted by atomic mass is 14.9. The Labute approximate surface area is 118 Å². The molecule has 1 unspecified atom stereocenters. The quantitative estimate of drug-likeness (QED) is 0.716. The van der Waals surface area contributed by atoms with Gasteiger partial charge in [0.15, 0.2) is 0 Å². The molecule has 0 aliphatic heterocycles. The number of aryl methyl sites for hydroxylation is 1. The van der Waals surface area contributed by atoms with Crippen LogP contribution < -0.4 is 5.32 Å². The molecule has 19 heavy (non-hydrogen) atoms. The second kappa shape index (κ2) is 7.09. The van der Waals surface area contributed by atoms with Gasteiger partial charge in [-0.2, -0.15) is 0 Å². The Morgan fingerprint density at radius 3 is 2.53 bits per heavy atom. The van der Waals surface area contributed by atoms with Crippen molar-refractivity contribution in [2.75, 3.05) is 6.54 Å². The zero-order chi connectivity index (χ0) is 13.7. The first-order chi connectivity index (χ1) is 9.16. The summed E-state index contributed by atoms with van der Waals surface area (Å²) in [6.07, 6.45) is 6.79. The summed E-state index contributed by atoms with van der Waals surface area (Å²) in [5.74, 6) is 1.52. The lowest BCUT2D eigenvalue weighted by molar-refractivity contribution is 0.478. The van der Waals surface area contributed by atoms with Crippen LogP contribution in [0, 0.1) is 12.8 Å². The molecule has 0 radical (unpaired) electrons. The second-order valence-corrected chi connectivity index (χ2v) is 6.56. The van der Waals surface area contributed by atoms with E-state index in [4.69, 9.17) is 0 Å². The first-order valence-corrected chi connectivity index (χ1v) is 7.95. The van der Waals surface area contributed by atoms with Crippen molar-refractivity contribution in [1.82, 2.24) is 5.32 Å². The number of hydrogen-bond acceptors (Lipinski definition) is 1. The molecule has 0 spiro atoms. The molecule has 1 aliphatic rings. The standard InChI is InChI=1S/C18H29N/c1-14(2)7-6-9-16(13-19-17-11-12-17)18-10-5-4-8-15(18)3/h4-5,8,10,14,16-17,19H,6-7,9,11-13H2,1-3H3. The number of rotatable bonds is 8. The van der Waals surface area contributed by atoms with Crippen molar-refractivity contribution < 1.29 is 0 Å². The fourth-order valence-corrected chi connectivity index (χ4v) is 2.78. The molecule has 0 heterocycles. The third kappa shape index (κ3) is 4.99. The molecule has 1 aliphatic carbocycles. The Morgan fingerprint density at radius 2 is 1.89 bits per heavy atom. The molecule has 1 saturated carbocycles. The molecule has 1 aromatic carbocycles. The molecular formula is C18H29N. The van der Waals surface area contributed by atoms with Gasteiger partial charge in [0, 0.05) is 12.6 Å². The second-order valence-electron chi connectivity index (χ2n) is 6.56. The van der Waals surface area contributed by atoms with Crippen LogP contribution in [-0.2, 0) is 0 Å². The van der Waals surface area contributed by atoms with Crippen molar-refractivity contribution in [1.29, 1.82) is 0 Å². The molecular weight excluding hydrogens is 230 g/mol. The Balaban J connectivity index is 1.93. The molecule has 1 atom stereocenters. The molecule has 1 aromatic rings. The Hall–Kier alpha value is -0.820. The zero-order valence-corrected chi connectivity index (χ0v) is 12.8. The fourth-order valence-electron chi connectivity index (χ4n) is 2.78. The van der Waals surface area contributed by atoms with E-state index in [-0.39, 0.29) is 0 Å². The van der Waals surface area contributed by atoms with Crippen LogP contribution in [0.1, 0.15) is 63.0 Å². The monoisotopic (exact) mass is 259 g/mol. The van der Waals surface area contributed by atoms with Gasteiger partial charge in [-0.25, -0.2) is 0 Å². The molecule has 1 nitrogen and oxygen atoms in total. The summed E-state index contributed by atoms with van der Waals surface area (Å²) < 4.78 is 0. The number of hydrogen-bond donors (Lipinski definition) is 1. The molecule has 106 valence electrons. The Kier molecular flexibility index (Phi) is 5.45. The van der Waals surface area contributed by atoms with Crippen molar-refractivity contribution >= 4 is 0 Å². The van der Waals surface area contributed by atoms with E-state index in [0.717, 1.165) is 18.5 Å². The van der Waals surface area contributed by atoms with Gasteiger partial charge in [-0.05, 0) is 49.1 Å². The summed E-state index contributed by atoms with van der Waals surface area (Å²) >= 11 is 0. The molecule has 0 amide bonds. The minimum absolute atomic E-state index is 0.695.